The maximum atomic E-state index is 5.80. The first-order chi connectivity index (χ1) is 9.94. The van der Waals surface area contributed by atoms with Gasteiger partial charge < -0.3 is 10.1 Å². The van der Waals surface area contributed by atoms with Crippen molar-refractivity contribution in [2.75, 3.05) is 32.8 Å². The number of hydrogen-bond donors (Lipinski definition) is 1. The summed E-state index contributed by atoms with van der Waals surface area (Å²) in [5.41, 5.74) is 0.517. The van der Waals surface area contributed by atoms with Gasteiger partial charge in [0.25, 0.3) is 0 Å². The van der Waals surface area contributed by atoms with Crippen LogP contribution in [0, 0.1) is 5.41 Å². The highest BCUT2D eigenvalue weighted by molar-refractivity contribution is 4.92. The second kappa shape index (κ2) is 7.43. The summed E-state index contributed by atoms with van der Waals surface area (Å²) in [6, 6.07) is 0.791. The first kappa shape index (κ1) is 17.2. The number of hydrogen-bond acceptors (Lipinski definition) is 3. The third kappa shape index (κ3) is 5.22. The Kier molecular flexibility index (Phi) is 6.10. The van der Waals surface area contributed by atoms with Gasteiger partial charge in [0.05, 0.1) is 6.61 Å². The lowest BCUT2D eigenvalue weighted by Gasteiger charge is -2.39. The van der Waals surface area contributed by atoms with E-state index in [1.165, 1.54) is 51.6 Å². The molecule has 2 saturated heterocycles. The van der Waals surface area contributed by atoms with Crippen molar-refractivity contribution >= 4 is 0 Å². The molecular weight excluding hydrogens is 260 g/mol. The molecule has 0 amide bonds. The van der Waals surface area contributed by atoms with E-state index in [1.54, 1.807) is 0 Å². The van der Waals surface area contributed by atoms with E-state index in [0.717, 1.165) is 25.8 Å². The molecular formula is C18H36N2O. The SMILES string of the molecule is CCC1CCCCCN1CC1(CNC(C)(C)C)CCOC1. The highest BCUT2D eigenvalue weighted by Gasteiger charge is 2.38. The van der Waals surface area contributed by atoms with Gasteiger partial charge in [-0.3, -0.25) is 4.90 Å². The average Bonchev–Trinajstić information content (AvgIpc) is 2.76. The van der Waals surface area contributed by atoms with Crippen LogP contribution in [0.4, 0.5) is 0 Å². The summed E-state index contributed by atoms with van der Waals surface area (Å²) < 4.78 is 5.80. The van der Waals surface area contributed by atoms with Crippen LogP contribution in [0.5, 0.6) is 0 Å². The smallest absolute Gasteiger partial charge is 0.0547 e. The van der Waals surface area contributed by atoms with Crippen molar-refractivity contribution in [3.05, 3.63) is 0 Å². The zero-order valence-electron chi connectivity index (χ0n) is 14.7. The highest BCUT2D eigenvalue weighted by atomic mass is 16.5. The molecule has 0 aromatic heterocycles. The largest absolute Gasteiger partial charge is 0.381 e. The Labute approximate surface area is 131 Å². The van der Waals surface area contributed by atoms with Gasteiger partial charge in [-0.2, -0.15) is 0 Å². The van der Waals surface area contributed by atoms with E-state index >= 15 is 0 Å². The number of ether oxygens (including phenoxy) is 1. The third-order valence-electron chi connectivity index (χ3n) is 5.19. The summed E-state index contributed by atoms with van der Waals surface area (Å²) in [5.74, 6) is 0. The van der Waals surface area contributed by atoms with Crippen molar-refractivity contribution < 1.29 is 4.74 Å². The first-order valence-electron chi connectivity index (χ1n) is 9.01. The van der Waals surface area contributed by atoms with Gasteiger partial charge in [-0.1, -0.05) is 19.8 Å². The molecule has 0 saturated carbocycles. The molecule has 2 fully saturated rings. The quantitative estimate of drug-likeness (QED) is 0.841. The van der Waals surface area contributed by atoms with Gasteiger partial charge in [0, 0.05) is 36.7 Å². The Balaban J connectivity index is 2.00. The van der Waals surface area contributed by atoms with Crippen molar-refractivity contribution in [3.8, 4) is 0 Å². The summed E-state index contributed by atoms with van der Waals surface area (Å²) in [6.45, 7) is 14.6. The molecule has 2 rings (SSSR count). The number of likely N-dealkylation sites (tertiary alicyclic amines) is 1. The van der Waals surface area contributed by atoms with Gasteiger partial charge in [0.2, 0.25) is 0 Å². The summed E-state index contributed by atoms with van der Waals surface area (Å²) in [6.07, 6.45) is 8.10. The van der Waals surface area contributed by atoms with Crippen LogP contribution in [-0.4, -0.2) is 49.3 Å². The minimum Gasteiger partial charge on any atom is -0.381 e. The predicted octanol–water partition coefficient (Wildman–Crippen LogP) is 3.44. The van der Waals surface area contributed by atoms with Crippen LogP contribution in [0.3, 0.4) is 0 Å². The van der Waals surface area contributed by atoms with E-state index in [-0.39, 0.29) is 5.54 Å². The number of nitrogens with one attached hydrogen (secondary N) is 1. The lowest BCUT2D eigenvalue weighted by molar-refractivity contribution is 0.0800. The van der Waals surface area contributed by atoms with Gasteiger partial charge in [-0.15, -0.1) is 0 Å². The van der Waals surface area contributed by atoms with Crippen molar-refractivity contribution in [1.29, 1.82) is 0 Å². The molecule has 1 N–H and O–H groups in total. The normalized spacial score (nSPS) is 32.3. The molecule has 0 aliphatic carbocycles. The minimum absolute atomic E-state index is 0.193. The summed E-state index contributed by atoms with van der Waals surface area (Å²) in [4.78, 5) is 2.78. The fraction of sp³-hybridized carbons (Fsp3) is 1.00. The van der Waals surface area contributed by atoms with Crippen LogP contribution in [-0.2, 0) is 4.74 Å². The molecule has 0 radical (unpaired) electrons. The van der Waals surface area contributed by atoms with Gasteiger partial charge in [0.1, 0.15) is 0 Å². The third-order valence-corrected chi connectivity index (χ3v) is 5.19. The van der Waals surface area contributed by atoms with Gasteiger partial charge >= 0.3 is 0 Å². The molecule has 124 valence electrons. The Morgan fingerprint density at radius 2 is 2.05 bits per heavy atom. The van der Waals surface area contributed by atoms with Crippen molar-refractivity contribution in [2.45, 2.75) is 77.8 Å². The van der Waals surface area contributed by atoms with Gasteiger partial charge in [-0.05, 0) is 53.0 Å². The second-order valence-corrected chi connectivity index (χ2v) is 8.29. The Morgan fingerprint density at radius 3 is 2.67 bits per heavy atom. The Hall–Kier alpha value is -0.120. The van der Waals surface area contributed by atoms with E-state index in [1.807, 2.05) is 0 Å². The maximum absolute atomic E-state index is 5.80. The molecule has 0 aromatic carbocycles. The summed E-state index contributed by atoms with van der Waals surface area (Å²) in [7, 11) is 0. The van der Waals surface area contributed by atoms with Crippen molar-refractivity contribution in [2.24, 2.45) is 5.41 Å². The molecule has 0 spiro atoms. The summed E-state index contributed by atoms with van der Waals surface area (Å²) in [5, 5.41) is 3.74. The monoisotopic (exact) mass is 296 g/mol. The maximum Gasteiger partial charge on any atom is 0.0547 e. The standard InChI is InChI=1S/C18H36N2O/c1-5-16-9-7-6-8-11-20(16)14-18(10-12-21-15-18)13-19-17(2,3)4/h16,19H,5-15H2,1-4H3. The molecule has 2 aliphatic heterocycles. The minimum atomic E-state index is 0.193. The van der Waals surface area contributed by atoms with Crippen molar-refractivity contribution in [3.63, 3.8) is 0 Å². The van der Waals surface area contributed by atoms with Crippen LogP contribution >= 0.6 is 0 Å². The van der Waals surface area contributed by atoms with E-state index < -0.39 is 0 Å². The van der Waals surface area contributed by atoms with Crippen molar-refractivity contribution in [1.82, 2.24) is 10.2 Å². The van der Waals surface area contributed by atoms with Crippen LogP contribution < -0.4 is 5.32 Å². The van der Waals surface area contributed by atoms with E-state index in [2.05, 4.69) is 37.9 Å². The van der Waals surface area contributed by atoms with Crippen LogP contribution in [0.15, 0.2) is 0 Å². The lowest BCUT2D eigenvalue weighted by atomic mass is 9.85. The molecule has 2 unspecified atom stereocenters. The number of nitrogens with zero attached hydrogens (tertiary/aromatic N) is 1. The Bertz CT molecular complexity index is 305. The molecule has 0 aromatic rings. The van der Waals surface area contributed by atoms with E-state index in [4.69, 9.17) is 4.74 Å². The van der Waals surface area contributed by atoms with Gasteiger partial charge in [0.15, 0.2) is 0 Å². The first-order valence-corrected chi connectivity index (χ1v) is 9.01. The topological polar surface area (TPSA) is 24.5 Å². The zero-order valence-corrected chi connectivity index (χ0v) is 14.7. The molecule has 2 aliphatic rings. The molecule has 2 atom stereocenters. The number of rotatable bonds is 5. The lowest BCUT2D eigenvalue weighted by Crippen LogP contribution is -2.51. The fourth-order valence-electron chi connectivity index (χ4n) is 3.76. The molecule has 2 heterocycles. The molecule has 0 bridgehead atoms. The highest BCUT2D eigenvalue weighted by Crippen LogP contribution is 2.32. The predicted molar refractivity (Wildman–Crippen MR) is 89.7 cm³/mol. The van der Waals surface area contributed by atoms with Crippen LogP contribution in [0.2, 0.25) is 0 Å². The van der Waals surface area contributed by atoms with Crippen LogP contribution in [0.25, 0.3) is 0 Å². The zero-order chi connectivity index (χ0) is 15.3. The van der Waals surface area contributed by atoms with Gasteiger partial charge in [-0.25, -0.2) is 0 Å². The Morgan fingerprint density at radius 1 is 1.24 bits per heavy atom. The summed E-state index contributed by atoms with van der Waals surface area (Å²) >= 11 is 0. The van der Waals surface area contributed by atoms with E-state index in [0.29, 0.717) is 5.41 Å². The molecule has 3 nitrogen and oxygen atoms in total. The molecule has 21 heavy (non-hydrogen) atoms. The fourth-order valence-corrected chi connectivity index (χ4v) is 3.76. The average molecular weight is 296 g/mol. The molecule has 3 heteroatoms. The second-order valence-electron chi connectivity index (χ2n) is 8.29. The van der Waals surface area contributed by atoms with E-state index in [9.17, 15) is 0 Å². The van der Waals surface area contributed by atoms with Crippen LogP contribution in [0.1, 0.15) is 66.2 Å².